The van der Waals surface area contributed by atoms with Crippen LogP contribution in [0.3, 0.4) is 0 Å². The average Bonchev–Trinajstić information content (AvgIpc) is 2.97. The molecule has 0 spiro atoms. The monoisotopic (exact) mass is 414 g/mol. The second-order valence-corrected chi connectivity index (χ2v) is 12.2. The number of rotatable bonds is 5. The number of fused-ring (bicyclic) bond motifs is 5. The molecule has 3 heteroatoms. The molecule has 30 heavy (non-hydrogen) atoms. The Hall–Kier alpha value is -0.930. The van der Waals surface area contributed by atoms with E-state index in [0.29, 0.717) is 30.1 Å². The zero-order chi connectivity index (χ0) is 21.9. The molecule has 2 fully saturated rings. The van der Waals surface area contributed by atoms with Crippen LogP contribution < -0.4 is 0 Å². The summed E-state index contributed by atoms with van der Waals surface area (Å²) < 4.78 is 0. The van der Waals surface area contributed by atoms with Crippen molar-refractivity contribution in [3.8, 4) is 0 Å². The molecule has 4 aliphatic rings. The molecule has 0 saturated heterocycles. The molecule has 0 aliphatic heterocycles. The Kier molecular flexibility index (Phi) is 5.63. The van der Waals surface area contributed by atoms with Crippen molar-refractivity contribution in [2.45, 2.75) is 97.7 Å². The van der Waals surface area contributed by atoms with Crippen LogP contribution in [0.25, 0.3) is 0 Å². The maximum Gasteiger partial charge on any atom is 0.159 e. The molecule has 3 nitrogen and oxygen atoms in total. The second-order valence-electron chi connectivity index (χ2n) is 12.2. The minimum atomic E-state index is -0.577. The Bertz CT molecular complexity index is 744. The molecular weight excluding hydrogens is 372 g/mol. The predicted molar refractivity (Wildman–Crippen MR) is 121 cm³/mol. The van der Waals surface area contributed by atoms with Crippen LogP contribution in [0.15, 0.2) is 23.8 Å². The van der Waals surface area contributed by atoms with E-state index < -0.39 is 5.60 Å². The maximum absolute atomic E-state index is 12.0. The van der Waals surface area contributed by atoms with Crippen LogP contribution in [0.5, 0.6) is 0 Å². The summed E-state index contributed by atoms with van der Waals surface area (Å²) >= 11 is 0. The Morgan fingerprint density at radius 1 is 1.27 bits per heavy atom. The summed E-state index contributed by atoms with van der Waals surface area (Å²) in [7, 11) is 0. The minimum Gasteiger partial charge on any atom is -0.393 e. The molecule has 0 bridgehead atoms. The second kappa shape index (κ2) is 7.59. The summed E-state index contributed by atoms with van der Waals surface area (Å²) in [4.78, 5) is 12.0. The lowest BCUT2D eigenvalue weighted by Gasteiger charge is -2.58. The summed E-state index contributed by atoms with van der Waals surface area (Å²) in [5, 5.41) is 21.6. The van der Waals surface area contributed by atoms with Gasteiger partial charge in [-0.25, -0.2) is 0 Å². The largest absolute Gasteiger partial charge is 0.393 e. The number of hydrogen-bond acceptors (Lipinski definition) is 3. The van der Waals surface area contributed by atoms with E-state index in [1.165, 1.54) is 18.4 Å². The van der Waals surface area contributed by atoms with Gasteiger partial charge >= 0.3 is 0 Å². The molecule has 0 heterocycles. The molecule has 0 amide bonds. The highest BCUT2D eigenvalue weighted by molar-refractivity contribution is 5.93. The lowest BCUT2D eigenvalue weighted by Crippen LogP contribution is -2.55. The topological polar surface area (TPSA) is 57.5 Å². The molecule has 2 saturated carbocycles. The van der Waals surface area contributed by atoms with E-state index in [9.17, 15) is 15.0 Å². The first kappa shape index (κ1) is 22.3. The highest BCUT2D eigenvalue weighted by Gasteiger charge is 2.61. The summed E-state index contributed by atoms with van der Waals surface area (Å²) in [6.07, 6.45) is 14.0. The van der Waals surface area contributed by atoms with Gasteiger partial charge in [-0.3, -0.25) is 4.79 Å². The molecule has 8 atom stereocenters. The van der Waals surface area contributed by atoms with E-state index in [1.54, 1.807) is 6.08 Å². The zero-order valence-corrected chi connectivity index (χ0v) is 19.7. The molecule has 0 radical (unpaired) electrons. The summed E-state index contributed by atoms with van der Waals surface area (Å²) in [6, 6.07) is 0. The molecule has 4 rings (SSSR count). The molecule has 0 aromatic rings. The van der Waals surface area contributed by atoms with Crippen LogP contribution in [-0.2, 0) is 4.79 Å². The normalized spacial score (nSPS) is 44.2. The van der Waals surface area contributed by atoms with Gasteiger partial charge in [0.05, 0.1) is 11.7 Å². The first-order valence-corrected chi connectivity index (χ1v) is 12.3. The third-order valence-electron chi connectivity index (χ3n) is 9.66. The quantitative estimate of drug-likeness (QED) is 0.587. The van der Waals surface area contributed by atoms with E-state index in [4.69, 9.17) is 0 Å². The van der Waals surface area contributed by atoms with E-state index in [1.807, 2.05) is 13.8 Å². The van der Waals surface area contributed by atoms with Gasteiger partial charge < -0.3 is 10.2 Å². The Balaban J connectivity index is 1.54. The first-order valence-electron chi connectivity index (χ1n) is 12.3. The van der Waals surface area contributed by atoms with Crippen LogP contribution in [0.1, 0.15) is 86.0 Å². The standard InChI is InChI=1S/C27H42O3/c1-17(7-6-13-25(2,3)30)21-10-11-22-20-9-8-18-15-19(28)12-14-26(18,4)24(20)23(29)16-27(21,22)5/h8,12,14,17,20-24,29-30H,6-7,9-11,13,15-16H2,1-5H3/t17-,20+,21-,22+,23-,24-,26+,27-/m1/s1. The van der Waals surface area contributed by atoms with Crippen molar-refractivity contribution in [3.05, 3.63) is 23.8 Å². The summed E-state index contributed by atoms with van der Waals surface area (Å²) in [5.41, 5.74) is 0.707. The molecule has 2 N–H and O–H groups in total. The summed E-state index contributed by atoms with van der Waals surface area (Å²) in [6.45, 7) is 10.9. The number of carbonyl (C=O) groups excluding carboxylic acids is 1. The predicted octanol–water partition coefficient (Wildman–Crippen LogP) is 5.46. The van der Waals surface area contributed by atoms with Crippen LogP contribution in [-0.4, -0.2) is 27.7 Å². The third kappa shape index (κ3) is 3.64. The van der Waals surface area contributed by atoms with Crippen LogP contribution in [0, 0.1) is 40.4 Å². The number of aliphatic hydroxyl groups excluding tert-OH is 1. The van der Waals surface area contributed by atoms with Crippen LogP contribution in [0.2, 0.25) is 0 Å². The fourth-order valence-electron chi connectivity index (χ4n) is 8.27. The molecule has 0 unspecified atom stereocenters. The number of ketones is 1. The minimum absolute atomic E-state index is 0.159. The molecule has 0 aromatic heterocycles. The van der Waals surface area contributed by atoms with Crippen LogP contribution in [0.4, 0.5) is 0 Å². The van der Waals surface area contributed by atoms with Crippen molar-refractivity contribution in [3.63, 3.8) is 0 Å². The van der Waals surface area contributed by atoms with Gasteiger partial charge in [0.15, 0.2) is 5.78 Å². The SMILES string of the molecule is C[C@H](CCCC(C)(C)O)[C@H]1CC[C@H]2[C@@H]3CC=C4CC(=O)C=C[C@]4(C)[C@H]3[C@H](O)C[C@]12C. The van der Waals surface area contributed by atoms with Gasteiger partial charge in [-0.2, -0.15) is 0 Å². The Morgan fingerprint density at radius 2 is 2.00 bits per heavy atom. The van der Waals surface area contributed by atoms with E-state index in [2.05, 4.69) is 32.9 Å². The average molecular weight is 415 g/mol. The fourth-order valence-corrected chi connectivity index (χ4v) is 8.27. The van der Waals surface area contributed by atoms with E-state index in [0.717, 1.165) is 32.1 Å². The van der Waals surface area contributed by atoms with Gasteiger partial charge in [0.1, 0.15) is 0 Å². The van der Waals surface area contributed by atoms with Gasteiger partial charge in [0.25, 0.3) is 0 Å². The Labute approximate surface area is 183 Å². The third-order valence-corrected chi connectivity index (χ3v) is 9.66. The first-order chi connectivity index (χ1) is 14.0. The van der Waals surface area contributed by atoms with Crippen molar-refractivity contribution in [2.24, 2.45) is 40.4 Å². The highest BCUT2D eigenvalue weighted by Crippen LogP contribution is 2.66. The summed E-state index contributed by atoms with van der Waals surface area (Å²) in [5.74, 6) is 2.90. The highest BCUT2D eigenvalue weighted by atomic mass is 16.3. The molecule has 0 aromatic carbocycles. The number of allylic oxidation sites excluding steroid dienone is 4. The van der Waals surface area contributed by atoms with Gasteiger partial charge in [0.2, 0.25) is 0 Å². The Morgan fingerprint density at radius 3 is 2.70 bits per heavy atom. The smallest absolute Gasteiger partial charge is 0.159 e. The zero-order valence-electron chi connectivity index (χ0n) is 19.7. The molecule has 4 aliphatic carbocycles. The lowest BCUT2D eigenvalue weighted by atomic mass is 9.47. The number of aliphatic hydroxyl groups is 2. The van der Waals surface area contributed by atoms with Crippen molar-refractivity contribution >= 4 is 5.78 Å². The van der Waals surface area contributed by atoms with Crippen molar-refractivity contribution in [2.75, 3.05) is 0 Å². The van der Waals surface area contributed by atoms with Crippen molar-refractivity contribution < 1.29 is 15.0 Å². The van der Waals surface area contributed by atoms with Gasteiger partial charge in [-0.1, -0.05) is 51.3 Å². The fraction of sp³-hybridized carbons (Fsp3) is 0.815. The van der Waals surface area contributed by atoms with Gasteiger partial charge in [-0.15, -0.1) is 0 Å². The van der Waals surface area contributed by atoms with E-state index in [-0.39, 0.29) is 28.6 Å². The number of hydrogen-bond donors (Lipinski definition) is 2. The van der Waals surface area contributed by atoms with Crippen molar-refractivity contribution in [1.82, 2.24) is 0 Å². The molecule has 168 valence electrons. The van der Waals surface area contributed by atoms with Crippen LogP contribution >= 0.6 is 0 Å². The van der Waals surface area contributed by atoms with Crippen molar-refractivity contribution in [1.29, 1.82) is 0 Å². The van der Waals surface area contributed by atoms with Gasteiger partial charge in [-0.05, 0) is 81.1 Å². The maximum atomic E-state index is 12.0. The molecular formula is C27H42O3. The van der Waals surface area contributed by atoms with E-state index >= 15 is 0 Å². The number of carbonyl (C=O) groups is 1. The van der Waals surface area contributed by atoms with Gasteiger partial charge in [0, 0.05) is 17.8 Å². The lowest BCUT2D eigenvalue weighted by molar-refractivity contribution is -0.121.